The number of pyridine rings is 1. The molecule has 1 aliphatic rings. The first-order chi connectivity index (χ1) is 9.24. The smallest absolute Gasteiger partial charge is 0.247 e. The molecule has 0 bridgehead atoms. The zero-order chi connectivity index (χ0) is 13.2. The zero-order valence-electron chi connectivity index (χ0n) is 10.7. The van der Waals surface area contributed by atoms with E-state index in [9.17, 15) is 4.79 Å². The third kappa shape index (κ3) is 2.29. The van der Waals surface area contributed by atoms with Crippen LogP contribution in [0.4, 0.5) is 11.4 Å². The van der Waals surface area contributed by atoms with Crippen LogP contribution >= 0.6 is 0 Å². The highest BCUT2D eigenvalue weighted by Gasteiger charge is 2.26. The predicted octanol–water partition coefficient (Wildman–Crippen LogP) is 2.37. The Balaban J connectivity index is 1.72. The number of nitrogens with zero attached hydrogens (tertiary/aromatic N) is 1. The van der Waals surface area contributed by atoms with Gasteiger partial charge in [-0.2, -0.15) is 0 Å². The molecule has 1 aromatic carbocycles. The van der Waals surface area contributed by atoms with E-state index in [1.54, 1.807) is 12.4 Å². The number of aryl methyl sites for hydroxylation is 1. The second-order valence-electron chi connectivity index (χ2n) is 4.74. The standard InChI is InChI=1S/C15H15N3O/c1-10-6-7-16-9-14(10)18-15(19)13-8-11-4-2-3-5-12(11)17-13/h2-7,9,13,17H,8H2,1H3,(H,18,19)/t13-/m0/s1. The molecule has 2 N–H and O–H groups in total. The van der Waals surface area contributed by atoms with E-state index in [4.69, 9.17) is 0 Å². The van der Waals surface area contributed by atoms with Crippen LogP contribution < -0.4 is 10.6 Å². The van der Waals surface area contributed by atoms with Crippen molar-refractivity contribution >= 4 is 17.3 Å². The fraction of sp³-hybridized carbons (Fsp3) is 0.200. The van der Waals surface area contributed by atoms with Gasteiger partial charge in [-0.3, -0.25) is 9.78 Å². The van der Waals surface area contributed by atoms with Gasteiger partial charge >= 0.3 is 0 Å². The summed E-state index contributed by atoms with van der Waals surface area (Å²) in [6.07, 6.45) is 4.12. The van der Waals surface area contributed by atoms with Gasteiger partial charge in [-0.15, -0.1) is 0 Å². The van der Waals surface area contributed by atoms with E-state index < -0.39 is 0 Å². The predicted molar refractivity (Wildman–Crippen MR) is 75.2 cm³/mol. The third-order valence-corrected chi connectivity index (χ3v) is 3.38. The molecule has 0 saturated carbocycles. The summed E-state index contributed by atoms with van der Waals surface area (Å²) >= 11 is 0. The molecule has 0 spiro atoms. The fourth-order valence-electron chi connectivity index (χ4n) is 2.27. The lowest BCUT2D eigenvalue weighted by atomic mass is 10.1. The lowest BCUT2D eigenvalue weighted by molar-refractivity contribution is -0.116. The lowest BCUT2D eigenvalue weighted by Gasteiger charge is -2.13. The van der Waals surface area contributed by atoms with Crippen molar-refractivity contribution < 1.29 is 4.79 Å². The van der Waals surface area contributed by atoms with Gasteiger partial charge in [0.2, 0.25) is 5.91 Å². The summed E-state index contributed by atoms with van der Waals surface area (Å²) < 4.78 is 0. The largest absolute Gasteiger partial charge is 0.373 e. The summed E-state index contributed by atoms with van der Waals surface area (Å²) in [5.41, 5.74) is 4.01. The fourth-order valence-corrected chi connectivity index (χ4v) is 2.27. The van der Waals surface area contributed by atoms with Gasteiger partial charge in [0.05, 0.1) is 11.9 Å². The van der Waals surface area contributed by atoms with E-state index in [2.05, 4.69) is 15.6 Å². The minimum Gasteiger partial charge on any atom is -0.373 e. The van der Waals surface area contributed by atoms with E-state index in [1.165, 1.54) is 5.56 Å². The maximum Gasteiger partial charge on any atom is 0.247 e. The van der Waals surface area contributed by atoms with Crippen LogP contribution in [0.15, 0.2) is 42.7 Å². The second kappa shape index (κ2) is 4.72. The zero-order valence-corrected chi connectivity index (χ0v) is 10.7. The van der Waals surface area contributed by atoms with Crippen LogP contribution in [0, 0.1) is 6.92 Å². The molecule has 0 saturated heterocycles. The first-order valence-corrected chi connectivity index (χ1v) is 6.30. The summed E-state index contributed by atoms with van der Waals surface area (Å²) in [5.74, 6) is -0.0210. The van der Waals surface area contributed by atoms with Crippen molar-refractivity contribution in [3.63, 3.8) is 0 Å². The normalized spacial score (nSPS) is 16.6. The molecule has 1 atom stereocenters. The number of carbonyl (C=O) groups excluding carboxylic acids is 1. The number of nitrogens with one attached hydrogen (secondary N) is 2. The second-order valence-corrected chi connectivity index (χ2v) is 4.74. The number of amides is 1. The number of aromatic nitrogens is 1. The van der Waals surface area contributed by atoms with Gasteiger partial charge in [-0.1, -0.05) is 18.2 Å². The van der Waals surface area contributed by atoms with Gasteiger partial charge in [-0.05, 0) is 30.2 Å². The number of hydrogen-bond donors (Lipinski definition) is 2. The molecule has 2 aromatic rings. The van der Waals surface area contributed by atoms with Crippen molar-refractivity contribution in [3.05, 3.63) is 53.9 Å². The molecule has 0 aliphatic carbocycles. The summed E-state index contributed by atoms with van der Waals surface area (Å²) in [6.45, 7) is 1.95. The number of benzene rings is 1. The summed E-state index contributed by atoms with van der Waals surface area (Å²) in [5, 5.41) is 6.16. The van der Waals surface area contributed by atoms with Crippen molar-refractivity contribution in [3.8, 4) is 0 Å². The van der Waals surface area contributed by atoms with Crippen LogP contribution in [-0.4, -0.2) is 16.9 Å². The highest BCUT2D eigenvalue weighted by Crippen LogP contribution is 2.25. The molecule has 19 heavy (non-hydrogen) atoms. The van der Waals surface area contributed by atoms with Gasteiger partial charge < -0.3 is 10.6 Å². The van der Waals surface area contributed by atoms with Crippen LogP contribution in [0.1, 0.15) is 11.1 Å². The van der Waals surface area contributed by atoms with Crippen LogP contribution in [0.3, 0.4) is 0 Å². The molecule has 3 rings (SSSR count). The molecule has 96 valence electrons. The number of fused-ring (bicyclic) bond motifs is 1. The third-order valence-electron chi connectivity index (χ3n) is 3.38. The average Bonchev–Trinajstić information content (AvgIpc) is 2.85. The molecular formula is C15H15N3O. The van der Waals surface area contributed by atoms with Gasteiger partial charge in [0.25, 0.3) is 0 Å². The van der Waals surface area contributed by atoms with E-state index in [1.807, 2.05) is 37.3 Å². The molecule has 1 aliphatic heterocycles. The maximum absolute atomic E-state index is 12.2. The monoisotopic (exact) mass is 253 g/mol. The highest BCUT2D eigenvalue weighted by molar-refractivity contribution is 5.98. The van der Waals surface area contributed by atoms with Crippen molar-refractivity contribution in [2.24, 2.45) is 0 Å². The Kier molecular flexibility index (Phi) is 2.91. The van der Waals surface area contributed by atoms with Crippen LogP contribution in [0.2, 0.25) is 0 Å². The van der Waals surface area contributed by atoms with Gasteiger partial charge in [0, 0.05) is 18.3 Å². The SMILES string of the molecule is Cc1ccncc1NC(=O)[C@@H]1Cc2ccccc2N1. The summed E-state index contributed by atoms with van der Waals surface area (Å²) in [6, 6.07) is 9.68. The first kappa shape index (κ1) is 11.7. The molecule has 0 unspecified atom stereocenters. The topological polar surface area (TPSA) is 54.0 Å². The van der Waals surface area contributed by atoms with Crippen molar-refractivity contribution in [1.29, 1.82) is 0 Å². The lowest BCUT2D eigenvalue weighted by Crippen LogP contribution is -2.33. The number of para-hydroxylation sites is 1. The van der Waals surface area contributed by atoms with E-state index >= 15 is 0 Å². The summed E-state index contributed by atoms with van der Waals surface area (Å²) in [4.78, 5) is 16.3. The van der Waals surface area contributed by atoms with Crippen molar-refractivity contribution in [1.82, 2.24) is 4.98 Å². The Hall–Kier alpha value is -2.36. The Morgan fingerprint density at radius 2 is 2.21 bits per heavy atom. The molecule has 1 amide bonds. The van der Waals surface area contributed by atoms with Crippen molar-refractivity contribution in [2.75, 3.05) is 10.6 Å². The van der Waals surface area contributed by atoms with E-state index in [0.717, 1.165) is 23.4 Å². The molecule has 0 fully saturated rings. The average molecular weight is 253 g/mol. The molecule has 4 nitrogen and oxygen atoms in total. The highest BCUT2D eigenvalue weighted by atomic mass is 16.2. The maximum atomic E-state index is 12.2. The van der Waals surface area contributed by atoms with Crippen LogP contribution in [-0.2, 0) is 11.2 Å². The molecule has 4 heteroatoms. The van der Waals surface area contributed by atoms with Gasteiger partial charge in [0.15, 0.2) is 0 Å². The Morgan fingerprint density at radius 1 is 1.37 bits per heavy atom. The Bertz CT molecular complexity index is 599. The van der Waals surface area contributed by atoms with Gasteiger partial charge in [-0.25, -0.2) is 0 Å². The quantitative estimate of drug-likeness (QED) is 0.864. The Labute approximate surface area is 111 Å². The van der Waals surface area contributed by atoms with Crippen molar-refractivity contribution in [2.45, 2.75) is 19.4 Å². The van der Waals surface area contributed by atoms with E-state index in [-0.39, 0.29) is 11.9 Å². The minimum atomic E-state index is -0.211. The molecular weight excluding hydrogens is 238 g/mol. The minimum absolute atomic E-state index is 0.0210. The molecule has 2 heterocycles. The number of carbonyl (C=O) groups is 1. The Morgan fingerprint density at radius 3 is 3.00 bits per heavy atom. The van der Waals surface area contributed by atoms with Crippen LogP contribution in [0.25, 0.3) is 0 Å². The number of rotatable bonds is 2. The van der Waals surface area contributed by atoms with Gasteiger partial charge in [0.1, 0.15) is 6.04 Å². The van der Waals surface area contributed by atoms with Crippen LogP contribution in [0.5, 0.6) is 0 Å². The number of hydrogen-bond acceptors (Lipinski definition) is 3. The summed E-state index contributed by atoms with van der Waals surface area (Å²) in [7, 11) is 0. The van der Waals surface area contributed by atoms with E-state index in [0.29, 0.717) is 0 Å². The molecule has 1 aromatic heterocycles. The number of anilines is 2. The first-order valence-electron chi connectivity index (χ1n) is 6.30. The molecule has 0 radical (unpaired) electrons.